The van der Waals surface area contributed by atoms with Crippen molar-refractivity contribution in [2.45, 2.75) is 13.0 Å². The largest absolute Gasteiger partial charge is 0.346 e. The molecule has 0 fully saturated rings. The van der Waals surface area contributed by atoms with Gasteiger partial charge >= 0.3 is 0 Å². The van der Waals surface area contributed by atoms with Crippen molar-refractivity contribution < 1.29 is 18.0 Å². The van der Waals surface area contributed by atoms with Gasteiger partial charge in [-0.3, -0.25) is 4.79 Å². The Bertz CT molecular complexity index is 996. The van der Waals surface area contributed by atoms with Crippen LogP contribution in [0.25, 0.3) is 17.2 Å². The average molecular weight is 382 g/mol. The van der Waals surface area contributed by atoms with Crippen LogP contribution < -0.4 is 5.32 Å². The molecule has 1 atom stereocenters. The van der Waals surface area contributed by atoms with E-state index >= 15 is 0 Å². The van der Waals surface area contributed by atoms with Gasteiger partial charge in [0.15, 0.2) is 0 Å². The minimum Gasteiger partial charge on any atom is -0.346 e. The van der Waals surface area contributed by atoms with E-state index in [4.69, 9.17) is 0 Å². The lowest BCUT2D eigenvalue weighted by atomic mass is 10.0. The number of pyridine rings is 1. The van der Waals surface area contributed by atoms with Crippen molar-refractivity contribution in [1.29, 1.82) is 0 Å². The maximum atomic E-state index is 13.2. The summed E-state index contributed by atoms with van der Waals surface area (Å²) in [6.45, 7) is 1.82. The number of nitrogens with zero attached hydrogens (tertiary/aromatic N) is 1. The summed E-state index contributed by atoms with van der Waals surface area (Å²) in [5.74, 6) is -2.36. The fourth-order valence-electron chi connectivity index (χ4n) is 2.72. The molecule has 0 radical (unpaired) electrons. The molecule has 6 heteroatoms. The van der Waals surface area contributed by atoms with Gasteiger partial charge in [-0.05, 0) is 60.0 Å². The van der Waals surface area contributed by atoms with E-state index in [9.17, 15) is 18.0 Å². The second-order valence-electron chi connectivity index (χ2n) is 6.26. The summed E-state index contributed by atoms with van der Waals surface area (Å²) in [6.07, 6.45) is 4.01. The molecule has 3 nitrogen and oxygen atoms in total. The molecule has 0 aliphatic heterocycles. The van der Waals surface area contributed by atoms with Crippen molar-refractivity contribution in [2.75, 3.05) is 0 Å². The quantitative estimate of drug-likeness (QED) is 0.495. The molecule has 1 aromatic heterocycles. The highest BCUT2D eigenvalue weighted by Crippen LogP contribution is 2.23. The number of carbonyl (C=O) groups excluding carboxylic acids is 1. The number of aromatic nitrogens is 1. The summed E-state index contributed by atoms with van der Waals surface area (Å²) < 4.78 is 39.4. The smallest absolute Gasteiger partial charge is 0.244 e. The van der Waals surface area contributed by atoms with E-state index in [0.717, 1.165) is 34.9 Å². The highest BCUT2D eigenvalue weighted by molar-refractivity contribution is 5.92. The lowest BCUT2D eigenvalue weighted by Crippen LogP contribution is -2.24. The molecular weight excluding hydrogens is 365 g/mol. The van der Waals surface area contributed by atoms with Crippen LogP contribution in [0.1, 0.15) is 24.1 Å². The van der Waals surface area contributed by atoms with Crippen LogP contribution in [-0.2, 0) is 4.79 Å². The molecule has 142 valence electrons. The first-order valence-corrected chi connectivity index (χ1v) is 8.57. The molecule has 0 saturated carbocycles. The highest BCUT2D eigenvalue weighted by atomic mass is 19.1. The monoisotopic (exact) mass is 382 g/mol. The first kappa shape index (κ1) is 19.4. The molecular formula is C22H17F3N2O. The Kier molecular flexibility index (Phi) is 5.89. The van der Waals surface area contributed by atoms with Crippen LogP contribution in [0.15, 0.2) is 66.9 Å². The molecule has 0 aliphatic rings. The summed E-state index contributed by atoms with van der Waals surface area (Å²) >= 11 is 0. The molecule has 3 aromatic rings. The van der Waals surface area contributed by atoms with Gasteiger partial charge in [0, 0.05) is 23.9 Å². The zero-order chi connectivity index (χ0) is 20.1. The minimum atomic E-state index is -0.708. The summed E-state index contributed by atoms with van der Waals surface area (Å²) in [7, 11) is 0. The van der Waals surface area contributed by atoms with Crippen LogP contribution in [-0.4, -0.2) is 10.9 Å². The van der Waals surface area contributed by atoms with E-state index in [1.165, 1.54) is 24.4 Å². The Balaban J connectivity index is 1.69. The van der Waals surface area contributed by atoms with Crippen molar-refractivity contribution in [2.24, 2.45) is 0 Å². The fourth-order valence-corrected chi connectivity index (χ4v) is 2.72. The van der Waals surface area contributed by atoms with E-state index in [1.807, 2.05) is 31.2 Å². The molecule has 1 N–H and O–H groups in total. The van der Waals surface area contributed by atoms with Gasteiger partial charge < -0.3 is 5.32 Å². The van der Waals surface area contributed by atoms with Crippen molar-refractivity contribution in [3.05, 3.63) is 95.6 Å². The molecule has 1 heterocycles. The second kappa shape index (κ2) is 8.52. The van der Waals surface area contributed by atoms with Gasteiger partial charge in [-0.1, -0.05) is 18.2 Å². The van der Waals surface area contributed by atoms with Crippen LogP contribution in [0.2, 0.25) is 0 Å². The van der Waals surface area contributed by atoms with Crippen molar-refractivity contribution in [3.63, 3.8) is 0 Å². The van der Waals surface area contributed by atoms with Gasteiger partial charge in [0.2, 0.25) is 11.9 Å². The SMILES string of the molecule is CC(NC(=O)C=Cc1cc(F)cc(F)c1)c1cccc(-c2ccc(F)nc2)c1. The first-order valence-electron chi connectivity index (χ1n) is 8.57. The van der Waals surface area contributed by atoms with Gasteiger partial charge in [-0.25, -0.2) is 13.8 Å². The van der Waals surface area contributed by atoms with Crippen molar-refractivity contribution >= 4 is 12.0 Å². The van der Waals surface area contributed by atoms with E-state index < -0.39 is 23.5 Å². The number of rotatable bonds is 5. The van der Waals surface area contributed by atoms with Gasteiger partial charge in [-0.15, -0.1) is 0 Å². The lowest BCUT2D eigenvalue weighted by molar-refractivity contribution is -0.117. The third-order valence-corrected chi connectivity index (χ3v) is 4.12. The summed E-state index contributed by atoms with van der Waals surface area (Å²) in [5.41, 5.74) is 2.71. The Hall–Kier alpha value is -3.41. The molecule has 28 heavy (non-hydrogen) atoms. The Morgan fingerprint density at radius 2 is 1.75 bits per heavy atom. The third kappa shape index (κ3) is 5.07. The van der Waals surface area contributed by atoms with Gasteiger partial charge in [0.1, 0.15) is 11.6 Å². The highest BCUT2D eigenvalue weighted by Gasteiger charge is 2.09. The molecule has 0 bridgehead atoms. The predicted octanol–water partition coefficient (Wildman–Crippen LogP) is 5.06. The Labute approximate surface area is 160 Å². The zero-order valence-electron chi connectivity index (χ0n) is 15.0. The normalized spacial score (nSPS) is 12.1. The van der Waals surface area contributed by atoms with Gasteiger partial charge in [-0.2, -0.15) is 4.39 Å². The van der Waals surface area contributed by atoms with Crippen LogP contribution in [0.5, 0.6) is 0 Å². The number of hydrogen-bond acceptors (Lipinski definition) is 2. The molecule has 1 unspecified atom stereocenters. The number of halogens is 3. The number of amides is 1. The first-order chi connectivity index (χ1) is 13.4. The standard InChI is InChI=1S/C22H17F3N2O/c1-14(27-22(28)8-5-15-9-19(23)12-20(24)10-15)16-3-2-4-17(11-16)18-6-7-21(25)26-13-18/h2-14H,1H3,(H,27,28). The summed E-state index contributed by atoms with van der Waals surface area (Å²) in [6, 6.07) is 13.1. The van der Waals surface area contributed by atoms with Crippen LogP contribution in [0.3, 0.4) is 0 Å². The molecule has 1 amide bonds. The second-order valence-corrected chi connectivity index (χ2v) is 6.26. The van der Waals surface area contributed by atoms with Crippen LogP contribution in [0.4, 0.5) is 13.2 Å². The number of hydrogen-bond donors (Lipinski definition) is 1. The minimum absolute atomic E-state index is 0.256. The fraction of sp³-hybridized carbons (Fsp3) is 0.0909. The number of carbonyl (C=O) groups is 1. The molecule has 2 aromatic carbocycles. The van der Waals surface area contributed by atoms with Gasteiger partial charge in [0.25, 0.3) is 0 Å². The van der Waals surface area contributed by atoms with Crippen molar-refractivity contribution in [1.82, 2.24) is 10.3 Å². The van der Waals surface area contributed by atoms with E-state index in [0.29, 0.717) is 0 Å². The molecule has 3 rings (SSSR count). The van der Waals surface area contributed by atoms with Crippen molar-refractivity contribution in [3.8, 4) is 11.1 Å². The topological polar surface area (TPSA) is 42.0 Å². The summed E-state index contributed by atoms with van der Waals surface area (Å²) in [4.78, 5) is 15.8. The zero-order valence-corrected chi connectivity index (χ0v) is 15.0. The molecule has 0 aliphatic carbocycles. The maximum Gasteiger partial charge on any atom is 0.244 e. The number of benzene rings is 2. The third-order valence-electron chi connectivity index (χ3n) is 4.12. The van der Waals surface area contributed by atoms with E-state index in [1.54, 1.807) is 6.07 Å². The molecule has 0 saturated heterocycles. The van der Waals surface area contributed by atoms with Crippen LogP contribution >= 0.6 is 0 Å². The molecule has 0 spiro atoms. The summed E-state index contributed by atoms with van der Waals surface area (Å²) in [5, 5.41) is 2.79. The van der Waals surface area contributed by atoms with Crippen LogP contribution in [0, 0.1) is 17.6 Å². The van der Waals surface area contributed by atoms with E-state index in [-0.39, 0.29) is 11.6 Å². The van der Waals surface area contributed by atoms with E-state index in [2.05, 4.69) is 10.3 Å². The Morgan fingerprint density at radius 3 is 2.43 bits per heavy atom. The predicted molar refractivity (Wildman–Crippen MR) is 102 cm³/mol. The van der Waals surface area contributed by atoms with Gasteiger partial charge in [0.05, 0.1) is 6.04 Å². The maximum absolute atomic E-state index is 13.2. The average Bonchev–Trinajstić information content (AvgIpc) is 2.66. The number of nitrogens with one attached hydrogen (secondary N) is 1. The Morgan fingerprint density at radius 1 is 1.00 bits per heavy atom. The lowest BCUT2D eigenvalue weighted by Gasteiger charge is -2.14.